The first kappa shape index (κ1) is 20.7. The lowest BCUT2D eigenvalue weighted by Gasteiger charge is -2.36. The number of halogens is 1. The third kappa shape index (κ3) is 3.99. The van der Waals surface area contributed by atoms with Gasteiger partial charge in [0.25, 0.3) is 0 Å². The Morgan fingerprint density at radius 3 is 2.70 bits per heavy atom. The molecule has 0 spiro atoms. The number of hydrogen-bond donors (Lipinski definition) is 1. The van der Waals surface area contributed by atoms with E-state index in [4.69, 9.17) is 0 Å². The van der Waals surface area contributed by atoms with E-state index in [0.717, 1.165) is 30.7 Å². The Morgan fingerprint density at radius 1 is 0.909 bits per heavy atom. The highest BCUT2D eigenvalue weighted by Gasteiger charge is 2.29. The van der Waals surface area contributed by atoms with Crippen LogP contribution in [0.15, 0.2) is 60.9 Å². The lowest BCUT2D eigenvalue weighted by atomic mass is 9.81. The van der Waals surface area contributed by atoms with E-state index in [1.165, 1.54) is 60.7 Å². The summed E-state index contributed by atoms with van der Waals surface area (Å²) in [6, 6.07) is 16.5. The van der Waals surface area contributed by atoms with Gasteiger partial charge >= 0.3 is 0 Å². The van der Waals surface area contributed by atoms with Gasteiger partial charge in [0, 0.05) is 60.9 Å². The normalized spacial score (nSPS) is 22.6. The summed E-state index contributed by atoms with van der Waals surface area (Å²) in [5, 5.41) is 2.41. The average Bonchev–Trinajstić information content (AvgIpc) is 3.11. The van der Waals surface area contributed by atoms with E-state index >= 15 is 0 Å². The van der Waals surface area contributed by atoms with Crippen LogP contribution in [-0.4, -0.2) is 47.1 Å². The Kier molecular flexibility index (Phi) is 5.50. The van der Waals surface area contributed by atoms with Crippen molar-refractivity contribution in [3.8, 4) is 0 Å². The average molecular weight is 443 g/mol. The van der Waals surface area contributed by atoms with Crippen molar-refractivity contribution in [2.75, 3.05) is 31.1 Å². The van der Waals surface area contributed by atoms with Crippen LogP contribution in [0.4, 0.5) is 10.1 Å². The van der Waals surface area contributed by atoms with Crippen molar-refractivity contribution < 1.29 is 4.39 Å². The first-order chi connectivity index (χ1) is 16.3. The van der Waals surface area contributed by atoms with Gasteiger partial charge in [-0.2, -0.15) is 0 Å². The Bertz CT molecular complexity index is 1250. The maximum atomic E-state index is 13.6. The lowest BCUT2D eigenvalue weighted by Crippen LogP contribution is -2.40. The van der Waals surface area contributed by atoms with E-state index in [1.807, 2.05) is 18.3 Å². The van der Waals surface area contributed by atoms with Gasteiger partial charge in [0.1, 0.15) is 5.82 Å². The second-order valence-corrected chi connectivity index (χ2v) is 9.67. The van der Waals surface area contributed by atoms with Crippen LogP contribution in [0.3, 0.4) is 0 Å². The molecule has 6 rings (SSSR count). The summed E-state index contributed by atoms with van der Waals surface area (Å²) in [4.78, 5) is 13.2. The number of pyridine rings is 1. The van der Waals surface area contributed by atoms with Gasteiger partial charge in [-0.05, 0) is 73.9 Å². The van der Waals surface area contributed by atoms with E-state index in [1.54, 1.807) is 12.1 Å². The van der Waals surface area contributed by atoms with Crippen molar-refractivity contribution in [1.82, 2.24) is 14.9 Å². The summed E-state index contributed by atoms with van der Waals surface area (Å²) in [5.41, 5.74) is 4.68. The monoisotopic (exact) mass is 442 g/mol. The number of H-pyrrole nitrogens is 1. The Labute approximate surface area is 194 Å². The minimum atomic E-state index is -0.172. The highest BCUT2D eigenvalue weighted by atomic mass is 19.1. The summed E-state index contributed by atoms with van der Waals surface area (Å²) in [6.45, 7) is 4.44. The molecule has 33 heavy (non-hydrogen) atoms. The molecule has 170 valence electrons. The standard InChI is InChI=1S/C28H31FN4/c29-22-9-12-24-25(19-31-26(24)18-22)20-7-10-23(11-8-20)32-14-3-15-33(17-16-32)27-6-1-4-21-5-2-13-30-28(21)27/h1-2,4-6,9,12-13,18-20,23,31H,3,7-8,10-11,14-17H2. The fraction of sp³-hybridized carbons (Fsp3) is 0.393. The molecule has 1 aliphatic heterocycles. The van der Waals surface area contributed by atoms with Crippen molar-refractivity contribution in [1.29, 1.82) is 0 Å². The summed E-state index contributed by atoms with van der Waals surface area (Å²) >= 11 is 0. The molecule has 4 aromatic rings. The van der Waals surface area contributed by atoms with Crippen molar-refractivity contribution in [3.05, 3.63) is 72.3 Å². The molecule has 3 heterocycles. The van der Waals surface area contributed by atoms with Crippen LogP contribution in [0.5, 0.6) is 0 Å². The number of benzene rings is 2. The van der Waals surface area contributed by atoms with Gasteiger partial charge < -0.3 is 9.88 Å². The summed E-state index contributed by atoms with van der Waals surface area (Å²) in [7, 11) is 0. The Balaban J connectivity index is 1.11. The Morgan fingerprint density at radius 2 is 1.79 bits per heavy atom. The minimum Gasteiger partial charge on any atom is -0.368 e. The fourth-order valence-corrected chi connectivity index (χ4v) is 6.10. The fourth-order valence-electron chi connectivity index (χ4n) is 6.10. The molecule has 4 nitrogen and oxygen atoms in total. The first-order valence-corrected chi connectivity index (χ1v) is 12.4. The first-order valence-electron chi connectivity index (χ1n) is 12.4. The molecule has 0 atom stereocenters. The second-order valence-electron chi connectivity index (χ2n) is 9.67. The van der Waals surface area contributed by atoms with Gasteiger partial charge in [0.2, 0.25) is 0 Å². The van der Waals surface area contributed by atoms with Crippen molar-refractivity contribution >= 4 is 27.5 Å². The molecule has 2 aromatic heterocycles. The minimum absolute atomic E-state index is 0.172. The molecule has 1 saturated heterocycles. The number of aromatic amines is 1. The number of nitrogens with one attached hydrogen (secondary N) is 1. The summed E-state index contributed by atoms with van der Waals surface area (Å²) < 4.78 is 13.6. The maximum absolute atomic E-state index is 13.6. The van der Waals surface area contributed by atoms with Crippen LogP contribution in [0, 0.1) is 5.82 Å². The highest BCUT2D eigenvalue weighted by molar-refractivity contribution is 5.90. The number of rotatable bonds is 3. The molecule has 0 radical (unpaired) electrons. The van der Waals surface area contributed by atoms with E-state index in [9.17, 15) is 4.39 Å². The van der Waals surface area contributed by atoms with Gasteiger partial charge in [-0.3, -0.25) is 9.88 Å². The van der Waals surface area contributed by atoms with Crippen molar-refractivity contribution in [2.45, 2.75) is 44.1 Å². The third-order valence-corrected chi connectivity index (χ3v) is 7.81. The zero-order valence-electron chi connectivity index (χ0n) is 19.0. The van der Waals surface area contributed by atoms with Crippen LogP contribution < -0.4 is 4.90 Å². The molecule has 1 aliphatic carbocycles. The molecule has 1 saturated carbocycles. The predicted octanol–water partition coefficient (Wildman–Crippen LogP) is 6.09. The van der Waals surface area contributed by atoms with Crippen LogP contribution in [-0.2, 0) is 0 Å². The van der Waals surface area contributed by atoms with E-state index in [2.05, 4.69) is 50.2 Å². The second kappa shape index (κ2) is 8.79. The van der Waals surface area contributed by atoms with Gasteiger partial charge in [0.05, 0.1) is 11.2 Å². The smallest absolute Gasteiger partial charge is 0.125 e. The molecule has 5 heteroatoms. The molecular formula is C28H31FN4. The molecule has 0 unspecified atom stereocenters. The molecule has 2 aromatic carbocycles. The Hall–Kier alpha value is -2.92. The summed E-state index contributed by atoms with van der Waals surface area (Å²) in [5.74, 6) is 0.403. The summed E-state index contributed by atoms with van der Waals surface area (Å²) in [6.07, 6.45) is 10.1. The van der Waals surface area contributed by atoms with Crippen LogP contribution >= 0.6 is 0 Å². The number of anilines is 1. The molecule has 1 N–H and O–H groups in total. The van der Waals surface area contributed by atoms with Crippen molar-refractivity contribution in [3.63, 3.8) is 0 Å². The van der Waals surface area contributed by atoms with Gasteiger partial charge in [-0.15, -0.1) is 0 Å². The van der Waals surface area contributed by atoms with Crippen LogP contribution in [0.1, 0.15) is 43.6 Å². The maximum Gasteiger partial charge on any atom is 0.125 e. The van der Waals surface area contributed by atoms with Gasteiger partial charge in [0.15, 0.2) is 0 Å². The lowest BCUT2D eigenvalue weighted by molar-refractivity contribution is 0.159. The van der Waals surface area contributed by atoms with E-state index in [0.29, 0.717) is 12.0 Å². The number of para-hydroxylation sites is 1. The largest absolute Gasteiger partial charge is 0.368 e. The SMILES string of the molecule is Fc1ccc2c(C3CCC(N4CCCN(c5cccc6cccnc56)CC4)CC3)c[nH]c2c1. The molecular weight excluding hydrogens is 411 g/mol. The van der Waals surface area contributed by atoms with Gasteiger partial charge in [-0.25, -0.2) is 4.39 Å². The molecule has 2 aliphatic rings. The number of nitrogens with zero attached hydrogens (tertiary/aromatic N) is 3. The van der Waals surface area contributed by atoms with Crippen molar-refractivity contribution in [2.24, 2.45) is 0 Å². The molecule has 0 bridgehead atoms. The van der Waals surface area contributed by atoms with E-state index in [-0.39, 0.29) is 5.82 Å². The van der Waals surface area contributed by atoms with Crippen LogP contribution in [0.25, 0.3) is 21.8 Å². The third-order valence-electron chi connectivity index (χ3n) is 7.81. The number of fused-ring (bicyclic) bond motifs is 2. The molecule has 2 fully saturated rings. The highest BCUT2D eigenvalue weighted by Crippen LogP contribution is 2.38. The van der Waals surface area contributed by atoms with Crippen LogP contribution in [0.2, 0.25) is 0 Å². The van der Waals surface area contributed by atoms with E-state index < -0.39 is 0 Å². The van der Waals surface area contributed by atoms with Gasteiger partial charge in [-0.1, -0.05) is 18.2 Å². The predicted molar refractivity (Wildman–Crippen MR) is 133 cm³/mol. The zero-order chi connectivity index (χ0) is 22.2. The quantitative estimate of drug-likeness (QED) is 0.417. The number of hydrogen-bond acceptors (Lipinski definition) is 3. The number of aromatic nitrogens is 2. The molecule has 0 amide bonds. The topological polar surface area (TPSA) is 35.2 Å². The zero-order valence-corrected chi connectivity index (χ0v) is 19.0.